The molecule has 4 rings (SSSR count). The van der Waals surface area contributed by atoms with Gasteiger partial charge in [-0.3, -0.25) is 4.79 Å². The van der Waals surface area contributed by atoms with Crippen LogP contribution >= 0.6 is 0 Å². The molecular weight excluding hydrogens is 433 g/mol. The van der Waals surface area contributed by atoms with Crippen LogP contribution in [0.25, 0.3) is 22.0 Å². The van der Waals surface area contributed by atoms with Crippen LogP contribution in [-0.2, 0) is 15.7 Å². The van der Waals surface area contributed by atoms with Gasteiger partial charge in [-0.2, -0.15) is 13.2 Å². The zero-order valence-electron chi connectivity index (χ0n) is 18.5. The Hall–Kier alpha value is -3.29. The van der Waals surface area contributed by atoms with E-state index in [4.69, 9.17) is 14.5 Å². The van der Waals surface area contributed by atoms with Crippen molar-refractivity contribution in [1.82, 2.24) is 4.98 Å². The van der Waals surface area contributed by atoms with Gasteiger partial charge in [-0.25, -0.2) is 4.98 Å². The highest BCUT2D eigenvalue weighted by Crippen LogP contribution is 2.40. The number of rotatable bonds is 5. The van der Waals surface area contributed by atoms with Crippen LogP contribution in [-0.4, -0.2) is 37.8 Å². The molecule has 1 fully saturated rings. The summed E-state index contributed by atoms with van der Waals surface area (Å²) in [6, 6.07) is 13.3. The van der Waals surface area contributed by atoms with Gasteiger partial charge in [-0.1, -0.05) is 24.3 Å². The summed E-state index contributed by atoms with van der Waals surface area (Å²) >= 11 is 0. The first-order valence-corrected chi connectivity index (χ1v) is 10.9. The molecule has 174 valence electrons. The van der Waals surface area contributed by atoms with Crippen molar-refractivity contribution in [3.63, 3.8) is 0 Å². The molecule has 1 saturated heterocycles. The topological polar surface area (TPSA) is 51.7 Å². The summed E-state index contributed by atoms with van der Waals surface area (Å²) in [6.45, 7) is 3.48. The molecular formula is C25H25F3N2O3. The van der Waals surface area contributed by atoms with Gasteiger partial charge in [-0.05, 0) is 49.6 Å². The normalized spacial score (nSPS) is 15.0. The van der Waals surface area contributed by atoms with Crippen LogP contribution in [0.3, 0.4) is 0 Å². The first-order valence-electron chi connectivity index (χ1n) is 10.9. The number of methoxy groups -OCH3 is 1. The average Bonchev–Trinajstić information content (AvgIpc) is 2.82. The number of halogens is 3. The van der Waals surface area contributed by atoms with Crippen molar-refractivity contribution in [1.29, 1.82) is 0 Å². The smallest absolute Gasteiger partial charge is 0.419 e. The molecule has 3 aromatic rings. The number of piperidine rings is 1. The van der Waals surface area contributed by atoms with Gasteiger partial charge >= 0.3 is 12.1 Å². The fraction of sp³-hybridized carbons (Fsp3) is 0.360. The summed E-state index contributed by atoms with van der Waals surface area (Å²) in [4.78, 5) is 18.9. The number of hydrogen-bond acceptors (Lipinski definition) is 5. The molecule has 1 aromatic heterocycles. The van der Waals surface area contributed by atoms with Gasteiger partial charge in [0, 0.05) is 24.0 Å². The van der Waals surface area contributed by atoms with Crippen molar-refractivity contribution >= 4 is 22.7 Å². The van der Waals surface area contributed by atoms with E-state index in [1.807, 2.05) is 18.2 Å². The van der Waals surface area contributed by atoms with Gasteiger partial charge in [0.1, 0.15) is 11.6 Å². The summed E-state index contributed by atoms with van der Waals surface area (Å²) in [5.41, 5.74) is 0.834. The molecule has 0 N–H and O–H groups in total. The lowest BCUT2D eigenvalue weighted by molar-refractivity contribution is -0.148. The predicted octanol–water partition coefficient (Wildman–Crippen LogP) is 5.71. The van der Waals surface area contributed by atoms with Crippen molar-refractivity contribution < 1.29 is 27.4 Å². The molecule has 0 saturated carbocycles. The van der Waals surface area contributed by atoms with E-state index in [1.54, 1.807) is 25.1 Å². The highest BCUT2D eigenvalue weighted by Gasteiger charge is 2.34. The fourth-order valence-electron chi connectivity index (χ4n) is 4.25. The van der Waals surface area contributed by atoms with Crippen LogP contribution in [0.1, 0.15) is 25.3 Å². The first-order chi connectivity index (χ1) is 15.8. The summed E-state index contributed by atoms with van der Waals surface area (Å²) in [5, 5.41) is 0.835. The van der Waals surface area contributed by atoms with Gasteiger partial charge in [0.05, 0.1) is 30.7 Å². The van der Waals surface area contributed by atoms with E-state index in [-0.39, 0.29) is 17.6 Å². The van der Waals surface area contributed by atoms with E-state index in [9.17, 15) is 18.0 Å². The number of hydrogen-bond donors (Lipinski definition) is 0. The Kier molecular flexibility index (Phi) is 6.44. The quantitative estimate of drug-likeness (QED) is 0.459. The summed E-state index contributed by atoms with van der Waals surface area (Å²) in [6.07, 6.45) is -3.19. The summed E-state index contributed by atoms with van der Waals surface area (Å²) in [5.74, 6) is 0.245. The molecule has 8 heteroatoms. The summed E-state index contributed by atoms with van der Waals surface area (Å²) in [7, 11) is 1.22. The molecule has 0 aliphatic carbocycles. The third-order valence-electron chi connectivity index (χ3n) is 5.96. The van der Waals surface area contributed by atoms with Gasteiger partial charge < -0.3 is 14.4 Å². The monoisotopic (exact) mass is 458 g/mol. The van der Waals surface area contributed by atoms with E-state index in [1.165, 1.54) is 13.2 Å². The molecule has 1 aliphatic heterocycles. The summed E-state index contributed by atoms with van der Waals surface area (Å²) < 4.78 is 50.7. The molecule has 0 amide bonds. The number of carbonyl (C=O) groups is 1. The number of alkyl halides is 3. The lowest BCUT2D eigenvalue weighted by atomic mass is 9.96. The van der Waals surface area contributed by atoms with E-state index < -0.39 is 11.7 Å². The number of benzene rings is 2. The molecule has 0 radical (unpaired) electrons. The number of fused-ring (bicyclic) bond motifs is 1. The van der Waals surface area contributed by atoms with Crippen molar-refractivity contribution in [2.45, 2.75) is 25.9 Å². The minimum atomic E-state index is -4.53. The fourth-order valence-corrected chi connectivity index (χ4v) is 4.25. The van der Waals surface area contributed by atoms with Crippen LogP contribution in [0.2, 0.25) is 0 Å². The standard InChI is InChI=1S/C25H25F3N2O3/c1-3-33-24(31)17-11-13-30(14-12-17)22-10-8-16-5-4-6-19(23(16)29-22)18-7-9-21(32-2)20(15-18)25(26,27)28/h4-10,15,17H,3,11-14H2,1-2H3. The van der Waals surface area contributed by atoms with Crippen molar-refractivity contribution in [2.24, 2.45) is 5.92 Å². The number of esters is 1. The Labute approximate surface area is 190 Å². The Morgan fingerprint density at radius 3 is 2.55 bits per heavy atom. The third kappa shape index (κ3) is 4.74. The number of anilines is 1. The van der Waals surface area contributed by atoms with Crippen molar-refractivity contribution in [2.75, 3.05) is 31.7 Å². The largest absolute Gasteiger partial charge is 0.496 e. The maximum atomic E-state index is 13.6. The SMILES string of the molecule is CCOC(=O)C1CCN(c2ccc3cccc(-c4ccc(OC)c(C(F)(F)F)c4)c3n2)CC1. The van der Waals surface area contributed by atoms with Gasteiger partial charge in [-0.15, -0.1) is 0 Å². The van der Waals surface area contributed by atoms with Gasteiger partial charge in [0.25, 0.3) is 0 Å². The highest BCUT2D eigenvalue weighted by atomic mass is 19.4. The minimum Gasteiger partial charge on any atom is -0.496 e. The van der Waals surface area contributed by atoms with Gasteiger partial charge in [0.15, 0.2) is 0 Å². The zero-order chi connectivity index (χ0) is 23.6. The molecule has 33 heavy (non-hydrogen) atoms. The predicted molar refractivity (Wildman–Crippen MR) is 120 cm³/mol. The molecule has 0 spiro atoms. The molecule has 0 unspecified atom stereocenters. The second kappa shape index (κ2) is 9.29. The maximum absolute atomic E-state index is 13.6. The lowest BCUT2D eigenvalue weighted by Crippen LogP contribution is -2.37. The zero-order valence-corrected chi connectivity index (χ0v) is 18.5. The molecule has 2 heterocycles. The number of aromatic nitrogens is 1. The minimum absolute atomic E-state index is 0.114. The van der Waals surface area contributed by atoms with E-state index >= 15 is 0 Å². The van der Waals surface area contributed by atoms with E-state index in [0.717, 1.165) is 17.3 Å². The Balaban J connectivity index is 1.67. The molecule has 0 atom stereocenters. The molecule has 2 aromatic carbocycles. The third-order valence-corrected chi connectivity index (χ3v) is 5.96. The van der Waals surface area contributed by atoms with Crippen molar-refractivity contribution in [3.05, 3.63) is 54.1 Å². The second-order valence-electron chi connectivity index (χ2n) is 7.97. The highest BCUT2D eigenvalue weighted by molar-refractivity contribution is 5.94. The average molecular weight is 458 g/mol. The number of ether oxygens (including phenoxy) is 2. The molecule has 1 aliphatic rings. The molecule has 5 nitrogen and oxygen atoms in total. The Morgan fingerprint density at radius 2 is 1.88 bits per heavy atom. The first kappa shape index (κ1) is 22.9. The maximum Gasteiger partial charge on any atom is 0.419 e. The lowest BCUT2D eigenvalue weighted by Gasteiger charge is -2.32. The van der Waals surface area contributed by atoms with Crippen LogP contribution < -0.4 is 9.64 Å². The van der Waals surface area contributed by atoms with Crippen LogP contribution in [0.5, 0.6) is 5.75 Å². The van der Waals surface area contributed by atoms with Crippen LogP contribution in [0, 0.1) is 5.92 Å². The van der Waals surface area contributed by atoms with Crippen LogP contribution in [0.15, 0.2) is 48.5 Å². The Bertz CT molecular complexity index is 1160. The van der Waals surface area contributed by atoms with E-state index in [0.29, 0.717) is 49.2 Å². The molecule has 0 bridgehead atoms. The van der Waals surface area contributed by atoms with Crippen molar-refractivity contribution in [3.8, 4) is 16.9 Å². The number of nitrogens with zero attached hydrogens (tertiary/aromatic N) is 2. The number of pyridine rings is 1. The van der Waals surface area contributed by atoms with E-state index in [2.05, 4.69) is 4.90 Å². The Morgan fingerprint density at radius 1 is 1.12 bits per heavy atom. The second-order valence-corrected chi connectivity index (χ2v) is 7.97. The number of carbonyl (C=O) groups excluding carboxylic acids is 1. The van der Waals surface area contributed by atoms with Crippen LogP contribution in [0.4, 0.5) is 19.0 Å². The van der Waals surface area contributed by atoms with Gasteiger partial charge in [0.2, 0.25) is 0 Å². The number of para-hydroxylation sites is 1.